The Morgan fingerprint density at radius 1 is 0.821 bits per heavy atom. The van der Waals surface area contributed by atoms with Gasteiger partial charge >= 0.3 is 5.91 Å². The van der Waals surface area contributed by atoms with Gasteiger partial charge in [0.05, 0.1) is 24.6 Å². The molecule has 3 aromatic rings. The van der Waals surface area contributed by atoms with Gasteiger partial charge in [-0.1, -0.05) is 12.1 Å². The highest BCUT2D eigenvalue weighted by molar-refractivity contribution is 6.09. The van der Waals surface area contributed by atoms with Crippen molar-refractivity contribution in [2.45, 2.75) is 0 Å². The molecule has 0 unspecified atom stereocenters. The average molecular weight is 379 g/mol. The van der Waals surface area contributed by atoms with Crippen molar-refractivity contribution < 1.29 is 23.5 Å². The third-order valence-corrected chi connectivity index (χ3v) is 3.81. The monoisotopic (exact) mass is 379 g/mol. The number of furan rings is 1. The summed E-state index contributed by atoms with van der Waals surface area (Å²) in [5, 5.41) is 2.69. The molecule has 0 radical (unpaired) electrons. The summed E-state index contributed by atoms with van der Waals surface area (Å²) in [6.07, 6.45) is 1.35. The molecule has 0 atom stereocenters. The molecular weight excluding hydrogens is 362 g/mol. The number of carbonyl (C=O) groups is 3. The SMILES string of the molecule is COc1ccc(C(=O)Nc2ccccc2C(=O)NNC(=O)c2ccco2)cc1. The van der Waals surface area contributed by atoms with Crippen LogP contribution in [0.5, 0.6) is 5.75 Å². The Morgan fingerprint density at radius 2 is 1.54 bits per heavy atom. The number of carbonyl (C=O) groups excluding carboxylic acids is 3. The van der Waals surface area contributed by atoms with Gasteiger partial charge in [0.2, 0.25) is 0 Å². The maximum absolute atomic E-state index is 12.4. The van der Waals surface area contributed by atoms with Crippen LogP contribution in [0.1, 0.15) is 31.3 Å². The van der Waals surface area contributed by atoms with Crippen molar-refractivity contribution >= 4 is 23.4 Å². The van der Waals surface area contributed by atoms with Crippen molar-refractivity contribution in [3.05, 3.63) is 83.8 Å². The van der Waals surface area contributed by atoms with Gasteiger partial charge in [0.1, 0.15) is 5.75 Å². The van der Waals surface area contributed by atoms with E-state index in [-0.39, 0.29) is 17.2 Å². The van der Waals surface area contributed by atoms with E-state index < -0.39 is 11.8 Å². The van der Waals surface area contributed by atoms with Crippen molar-refractivity contribution in [3.8, 4) is 5.75 Å². The molecular formula is C20H17N3O5. The first-order valence-electron chi connectivity index (χ1n) is 8.27. The van der Waals surface area contributed by atoms with Crippen LogP contribution in [0.2, 0.25) is 0 Å². The summed E-state index contributed by atoms with van der Waals surface area (Å²) in [4.78, 5) is 36.7. The smallest absolute Gasteiger partial charge is 0.305 e. The van der Waals surface area contributed by atoms with Gasteiger partial charge in [-0.3, -0.25) is 25.2 Å². The van der Waals surface area contributed by atoms with Crippen LogP contribution < -0.4 is 20.9 Å². The highest BCUT2D eigenvalue weighted by atomic mass is 16.5. The first-order valence-corrected chi connectivity index (χ1v) is 8.27. The lowest BCUT2D eigenvalue weighted by atomic mass is 10.1. The van der Waals surface area contributed by atoms with Crippen LogP contribution in [-0.2, 0) is 0 Å². The van der Waals surface area contributed by atoms with Gasteiger partial charge in [-0.25, -0.2) is 0 Å². The van der Waals surface area contributed by atoms with Gasteiger partial charge in [-0.2, -0.15) is 0 Å². The Balaban J connectivity index is 1.68. The molecule has 8 heteroatoms. The van der Waals surface area contributed by atoms with Crippen molar-refractivity contribution in [1.29, 1.82) is 0 Å². The molecule has 0 aliphatic heterocycles. The molecule has 3 rings (SSSR count). The average Bonchev–Trinajstić information content (AvgIpc) is 3.27. The second kappa shape index (κ2) is 8.54. The fourth-order valence-corrected chi connectivity index (χ4v) is 2.38. The molecule has 3 N–H and O–H groups in total. The zero-order chi connectivity index (χ0) is 19.9. The maximum Gasteiger partial charge on any atom is 0.305 e. The molecule has 0 spiro atoms. The molecule has 0 aliphatic carbocycles. The number of amides is 3. The third kappa shape index (κ3) is 4.36. The molecule has 2 aromatic carbocycles. The fourth-order valence-electron chi connectivity index (χ4n) is 2.38. The highest BCUT2D eigenvalue weighted by Gasteiger charge is 2.16. The van der Waals surface area contributed by atoms with E-state index in [4.69, 9.17) is 9.15 Å². The number of hydrazine groups is 1. The number of rotatable bonds is 5. The van der Waals surface area contributed by atoms with E-state index in [0.29, 0.717) is 17.0 Å². The van der Waals surface area contributed by atoms with Crippen LogP contribution in [0.15, 0.2) is 71.3 Å². The molecule has 3 amide bonds. The molecule has 0 aliphatic rings. The Hall–Kier alpha value is -4.07. The van der Waals surface area contributed by atoms with Crippen LogP contribution in [0.3, 0.4) is 0 Å². The second-order valence-corrected chi connectivity index (χ2v) is 5.61. The largest absolute Gasteiger partial charge is 0.497 e. The molecule has 0 bridgehead atoms. The van der Waals surface area contributed by atoms with Crippen molar-refractivity contribution in [1.82, 2.24) is 10.9 Å². The van der Waals surface area contributed by atoms with Crippen LogP contribution in [0, 0.1) is 0 Å². The molecule has 0 saturated heterocycles. The van der Waals surface area contributed by atoms with E-state index in [9.17, 15) is 14.4 Å². The number of anilines is 1. The normalized spacial score (nSPS) is 10.0. The van der Waals surface area contributed by atoms with Gasteiger partial charge in [-0.05, 0) is 48.5 Å². The highest BCUT2D eigenvalue weighted by Crippen LogP contribution is 2.17. The maximum atomic E-state index is 12.4. The van der Waals surface area contributed by atoms with E-state index in [2.05, 4.69) is 16.2 Å². The topological polar surface area (TPSA) is 110 Å². The summed E-state index contributed by atoms with van der Waals surface area (Å²) in [5.41, 5.74) is 5.43. The summed E-state index contributed by atoms with van der Waals surface area (Å²) >= 11 is 0. The Morgan fingerprint density at radius 3 is 2.21 bits per heavy atom. The number of methoxy groups -OCH3 is 1. The number of nitrogens with one attached hydrogen (secondary N) is 3. The molecule has 0 saturated carbocycles. The number of benzene rings is 2. The van der Waals surface area contributed by atoms with Gasteiger partial charge in [0, 0.05) is 5.56 Å². The summed E-state index contributed by atoms with van der Waals surface area (Å²) in [5.74, 6) is -0.892. The molecule has 28 heavy (non-hydrogen) atoms. The first-order chi connectivity index (χ1) is 13.6. The lowest BCUT2D eigenvalue weighted by Crippen LogP contribution is -2.41. The van der Waals surface area contributed by atoms with Gasteiger partial charge in [-0.15, -0.1) is 0 Å². The molecule has 142 valence electrons. The van der Waals surface area contributed by atoms with Crippen molar-refractivity contribution in [2.75, 3.05) is 12.4 Å². The van der Waals surface area contributed by atoms with Crippen LogP contribution in [0.4, 0.5) is 5.69 Å². The van der Waals surface area contributed by atoms with Crippen LogP contribution >= 0.6 is 0 Å². The zero-order valence-electron chi connectivity index (χ0n) is 14.9. The van der Waals surface area contributed by atoms with E-state index in [1.54, 1.807) is 48.5 Å². The molecule has 0 fully saturated rings. The summed E-state index contributed by atoms with van der Waals surface area (Å²) in [7, 11) is 1.54. The predicted octanol–water partition coefficient (Wildman–Crippen LogP) is 2.62. The molecule has 8 nitrogen and oxygen atoms in total. The zero-order valence-corrected chi connectivity index (χ0v) is 14.9. The standard InChI is InChI=1S/C20H17N3O5/c1-27-14-10-8-13(9-11-14)18(24)21-16-6-3-2-5-15(16)19(25)22-23-20(26)17-7-4-12-28-17/h2-12H,1H3,(H,21,24)(H,22,25)(H,23,26). The lowest BCUT2D eigenvalue weighted by Gasteiger charge is -2.12. The number of hydrogen-bond donors (Lipinski definition) is 3. The minimum absolute atomic E-state index is 0.0568. The fraction of sp³-hybridized carbons (Fsp3) is 0.0500. The van der Waals surface area contributed by atoms with Crippen LogP contribution in [-0.4, -0.2) is 24.8 Å². The van der Waals surface area contributed by atoms with Gasteiger partial charge in [0.25, 0.3) is 11.8 Å². The number of ether oxygens (including phenoxy) is 1. The van der Waals surface area contributed by atoms with Crippen molar-refractivity contribution in [2.24, 2.45) is 0 Å². The summed E-state index contributed by atoms with van der Waals surface area (Å²) < 4.78 is 10.0. The predicted molar refractivity (Wildman–Crippen MR) is 101 cm³/mol. The lowest BCUT2D eigenvalue weighted by molar-refractivity contribution is 0.0831. The van der Waals surface area contributed by atoms with Gasteiger partial charge < -0.3 is 14.5 Å². The minimum Gasteiger partial charge on any atom is -0.497 e. The quantitative estimate of drug-likeness (QED) is 0.591. The van der Waals surface area contributed by atoms with E-state index in [1.165, 1.54) is 25.5 Å². The van der Waals surface area contributed by atoms with E-state index >= 15 is 0 Å². The Kier molecular flexibility index (Phi) is 5.71. The van der Waals surface area contributed by atoms with Crippen LogP contribution in [0.25, 0.3) is 0 Å². The summed E-state index contributed by atoms with van der Waals surface area (Å²) in [6, 6.07) is 16.0. The Bertz CT molecular complexity index is 981. The Labute approximate surface area is 160 Å². The third-order valence-electron chi connectivity index (χ3n) is 3.81. The van der Waals surface area contributed by atoms with Gasteiger partial charge in [0.15, 0.2) is 5.76 Å². The second-order valence-electron chi connectivity index (χ2n) is 5.61. The first kappa shape index (κ1) is 18.7. The number of hydrogen-bond acceptors (Lipinski definition) is 5. The van der Waals surface area contributed by atoms with Crippen molar-refractivity contribution in [3.63, 3.8) is 0 Å². The van der Waals surface area contributed by atoms with E-state index in [1.807, 2.05) is 0 Å². The minimum atomic E-state index is -0.599. The summed E-state index contributed by atoms with van der Waals surface area (Å²) in [6.45, 7) is 0. The number of para-hydroxylation sites is 1. The molecule has 1 heterocycles. The van der Waals surface area contributed by atoms with E-state index in [0.717, 1.165) is 0 Å². The molecule has 1 aromatic heterocycles.